The van der Waals surface area contributed by atoms with Crippen LogP contribution in [0.1, 0.15) is 31.7 Å². The molecule has 1 aliphatic rings. The highest BCUT2D eigenvalue weighted by atomic mass is 35.5. The van der Waals surface area contributed by atoms with Crippen LogP contribution in [0.4, 0.5) is 4.39 Å². The monoisotopic (exact) mass is 284 g/mol. The van der Waals surface area contributed by atoms with Gasteiger partial charge < -0.3 is 5.32 Å². The SMILES string of the molecule is CCCNC1CCN(Cc2ccc(F)c(Cl)c2)CC1. The molecular weight excluding hydrogens is 263 g/mol. The Kier molecular flexibility index (Phi) is 5.61. The lowest BCUT2D eigenvalue weighted by atomic mass is 10.0. The minimum atomic E-state index is -0.340. The summed E-state index contributed by atoms with van der Waals surface area (Å²) in [4.78, 5) is 2.41. The lowest BCUT2D eigenvalue weighted by Gasteiger charge is -2.32. The molecule has 19 heavy (non-hydrogen) atoms. The molecule has 4 heteroatoms. The number of nitrogens with zero attached hydrogens (tertiary/aromatic N) is 1. The Hall–Kier alpha value is -0.640. The molecule has 1 aliphatic heterocycles. The van der Waals surface area contributed by atoms with Crippen molar-refractivity contribution in [3.05, 3.63) is 34.6 Å². The van der Waals surface area contributed by atoms with Crippen molar-refractivity contribution in [2.75, 3.05) is 19.6 Å². The predicted octanol–water partition coefficient (Wildman–Crippen LogP) is 3.44. The Balaban J connectivity index is 1.80. The quantitative estimate of drug-likeness (QED) is 0.891. The Morgan fingerprint density at radius 1 is 1.37 bits per heavy atom. The predicted molar refractivity (Wildman–Crippen MR) is 78.0 cm³/mol. The molecule has 0 aliphatic carbocycles. The Labute approximate surface area is 119 Å². The first-order valence-corrected chi connectivity index (χ1v) is 7.46. The molecule has 0 bridgehead atoms. The van der Waals surface area contributed by atoms with Gasteiger partial charge in [0, 0.05) is 12.6 Å². The average molecular weight is 285 g/mol. The molecule has 0 radical (unpaired) electrons. The van der Waals surface area contributed by atoms with Gasteiger partial charge in [-0.05, 0) is 56.6 Å². The highest BCUT2D eigenvalue weighted by Gasteiger charge is 2.18. The largest absolute Gasteiger partial charge is 0.314 e. The maximum Gasteiger partial charge on any atom is 0.141 e. The molecule has 1 saturated heterocycles. The Morgan fingerprint density at radius 2 is 2.11 bits per heavy atom. The minimum absolute atomic E-state index is 0.219. The second kappa shape index (κ2) is 7.22. The maximum absolute atomic E-state index is 13.1. The number of benzene rings is 1. The molecule has 1 aromatic rings. The van der Waals surface area contributed by atoms with Crippen LogP contribution >= 0.6 is 11.6 Å². The fourth-order valence-corrected chi connectivity index (χ4v) is 2.74. The van der Waals surface area contributed by atoms with Crippen LogP contribution in [0.3, 0.4) is 0 Å². The number of rotatable bonds is 5. The standard InChI is InChI=1S/C15H22ClFN2/c1-2-7-18-13-5-8-19(9-6-13)11-12-3-4-15(17)14(16)10-12/h3-4,10,13,18H,2,5-9,11H2,1H3. The molecule has 0 spiro atoms. The van der Waals surface area contributed by atoms with Crippen LogP contribution in [0.25, 0.3) is 0 Å². The molecule has 1 fully saturated rings. The third-order valence-corrected chi connectivity index (χ3v) is 3.95. The zero-order valence-corrected chi connectivity index (χ0v) is 12.2. The van der Waals surface area contributed by atoms with E-state index >= 15 is 0 Å². The molecule has 0 unspecified atom stereocenters. The van der Waals surface area contributed by atoms with E-state index in [1.54, 1.807) is 6.07 Å². The van der Waals surface area contributed by atoms with E-state index in [2.05, 4.69) is 17.1 Å². The summed E-state index contributed by atoms with van der Waals surface area (Å²) in [5.74, 6) is -0.340. The van der Waals surface area contributed by atoms with Gasteiger partial charge in [-0.1, -0.05) is 24.6 Å². The molecule has 2 rings (SSSR count). The van der Waals surface area contributed by atoms with Gasteiger partial charge in [-0.15, -0.1) is 0 Å². The molecule has 1 aromatic carbocycles. The van der Waals surface area contributed by atoms with E-state index in [0.717, 1.165) is 31.7 Å². The van der Waals surface area contributed by atoms with Gasteiger partial charge in [0.2, 0.25) is 0 Å². The second-order valence-corrected chi connectivity index (χ2v) is 5.66. The number of piperidine rings is 1. The summed E-state index contributed by atoms with van der Waals surface area (Å²) in [5, 5.41) is 3.79. The third kappa shape index (κ3) is 4.44. The van der Waals surface area contributed by atoms with Crippen LogP contribution in [0, 0.1) is 5.82 Å². The van der Waals surface area contributed by atoms with Crippen molar-refractivity contribution < 1.29 is 4.39 Å². The van der Waals surface area contributed by atoms with Crippen LogP contribution in [-0.2, 0) is 6.54 Å². The average Bonchev–Trinajstić information content (AvgIpc) is 2.42. The molecule has 1 N–H and O–H groups in total. The van der Waals surface area contributed by atoms with E-state index in [9.17, 15) is 4.39 Å². The van der Waals surface area contributed by atoms with Crippen molar-refractivity contribution in [3.8, 4) is 0 Å². The Morgan fingerprint density at radius 3 is 2.74 bits per heavy atom. The smallest absolute Gasteiger partial charge is 0.141 e. The number of likely N-dealkylation sites (tertiary alicyclic amines) is 1. The maximum atomic E-state index is 13.1. The van der Waals surface area contributed by atoms with Gasteiger partial charge >= 0.3 is 0 Å². The second-order valence-electron chi connectivity index (χ2n) is 5.25. The summed E-state index contributed by atoms with van der Waals surface area (Å²) >= 11 is 5.81. The normalized spacial score (nSPS) is 17.8. The molecule has 2 nitrogen and oxygen atoms in total. The summed E-state index contributed by atoms with van der Waals surface area (Å²) in [5.41, 5.74) is 1.09. The number of hydrogen-bond donors (Lipinski definition) is 1. The Bertz CT molecular complexity index is 403. The van der Waals surface area contributed by atoms with Crippen molar-refractivity contribution >= 4 is 11.6 Å². The molecule has 0 amide bonds. The zero-order chi connectivity index (χ0) is 13.7. The van der Waals surface area contributed by atoms with Crippen LogP contribution < -0.4 is 5.32 Å². The molecule has 0 aromatic heterocycles. The van der Waals surface area contributed by atoms with Crippen LogP contribution in [0.5, 0.6) is 0 Å². The van der Waals surface area contributed by atoms with Crippen LogP contribution in [0.15, 0.2) is 18.2 Å². The van der Waals surface area contributed by atoms with E-state index in [0.29, 0.717) is 6.04 Å². The van der Waals surface area contributed by atoms with Crippen molar-refractivity contribution in [3.63, 3.8) is 0 Å². The van der Waals surface area contributed by atoms with Gasteiger partial charge in [0.25, 0.3) is 0 Å². The molecular formula is C15H22ClFN2. The first kappa shape index (κ1) is 14.8. The zero-order valence-electron chi connectivity index (χ0n) is 11.5. The van der Waals surface area contributed by atoms with Crippen molar-refractivity contribution in [1.29, 1.82) is 0 Å². The van der Waals surface area contributed by atoms with Gasteiger partial charge in [-0.3, -0.25) is 4.90 Å². The van der Waals surface area contributed by atoms with E-state index in [1.165, 1.54) is 25.3 Å². The van der Waals surface area contributed by atoms with Gasteiger partial charge in [-0.2, -0.15) is 0 Å². The summed E-state index contributed by atoms with van der Waals surface area (Å²) < 4.78 is 13.1. The summed E-state index contributed by atoms with van der Waals surface area (Å²) in [6, 6.07) is 5.67. The highest BCUT2D eigenvalue weighted by molar-refractivity contribution is 6.30. The lowest BCUT2D eigenvalue weighted by molar-refractivity contribution is 0.191. The summed E-state index contributed by atoms with van der Waals surface area (Å²) in [7, 11) is 0. The van der Waals surface area contributed by atoms with Crippen molar-refractivity contribution in [2.45, 2.75) is 38.8 Å². The first-order chi connectivity index (χ1) is 9.19. The van der Waals surface area contributed by atoms with Crippen molar-refractivity contribution in [2.24, 2.45) is 0 Å². The lowest BCUT2D eigenvalue weighted by Crippen LogP contribution is -2.42. The van der Waals surface area contributed by atoms with E-state index in [4.69, 9.17) is 11.6 Å². The molecule has 1 heterocycles. The van der Waals surface area contributed by atoms with E-state index in [1.807, 2.05) is 6.07 Å². The van der Waals surface area contributed by atoms with Gasteiger partial charge in [-0.25, -0.2) is 4.39 Å². The number of nitrogens with one attached hydrogen (secondary N) is 1. The van der Waals surface area contributed by atoms with Crippen molar-refractivity contribution in [1.82, 2.24) is 10.2 Å². The molecule has 0 saturated carbocycles. The van der Waals surface area contributed by atoms with Gasteiger partial charge in [0.15, 0.2) is 0 Å². The highest BCUT2D eigenvalue weighted by Crippen LogP contribution is 2.19. The van der Waals surface area contributed by atoms with Crippen LogP contribution in [0.2, 0.25) is 5.02 Å². The first-order valence-electron chi connectivity index (χ1n) is 7.08. The van der Waals surface area contributed by atoms with Gasteiger partial charge in [0.05, 0.1) is 5.02 Å². The number of halogens is 2. The fourth-order valence-electron chi connectivity index (χ4n) is 2.54. The van der Waals surface area contributed by atoms with Gasteiger partial charge in [0.1, 0.15) is 5.82 Å². The third-order valence-electron chi connectivity index (χ3n) is 3.66. The minimum Gasteiger partial charge on any atom is -0.314 e. The van der Waals surface area contributed by atoms with E-state index < -0.39 is 0 Å². The summed E-state index contributed by atoms with van der Waals surface area (Å²) in [6.45, 7) is 6.35. The molecule has 106 valence electrons. The summed E-state index contributed by atoms with van der Waals surface area (Å²) in [6.07, 6.45) is 3.57. The topological polar surface area (TPSA) is 15.3 Å². The number of hydrogen-bond acceptors (Lipinski definition) is 2. The van der Waals surface area contributed by atoms with E-state index in [-0.39, 0.29) is 10.8 Å². The van der Waals surface area contributed by atoms with Crippen LogP contribution in [-0.4, -0.2) is 30.6 Å². The molecule has 0 atom stereocenters. The fraction of sp³-hybridized carbons (Fsp3) is 0.600.